The van der Waals surface area contributed by atoms with Gasteiger partial charge in [0.05, 0.1) is 22.7 Å². The summed E-state index contributed by atoms with van der Waals surface area (Å²) in [4.78, 5) is 5.15. The smallest absolute Gasteiger partial charge is 0.252 e. The molecule has 98 heavy (non-hydrogen) atoms. The van der Waals surface area contributed by atoms with Gasteiger partial charge in [-0.2, -0.15) is 5.26 Å². The van der Waals surface area contributed by atoms with Gasteiger partial charge in [0, 0.05) is 50.6 Å². The van der Waals surface area contributed by atoms with E-state index in [9.17, 15) is 5.26 Å². The van der Waals surface area contributed by atoms with Gasteiger partial charge in [-0.15, -0.1) is 0 Å². The molecule has 0 saturated heterocycles. The fraction of sp³-hybridized carbons (Fsp3) is 0.215. The van der Waals surface area contributed by atoms with E-state index in [2.05, 4.69) is 379 Å². The second kappa shape index (κ2) is 23.4. The Labute approximate surface area is 581 Å². The molecule has 0 spiro atoms. The minimum Gasteiger partial charge on any atom is -0.311 e. The van der Waals surface area contributed by atoms with Gasteiger partial charge < -0.3 is 14.4 Å². The minimum atomic E-state index is -0.223. The van der Waals surface area contributed by atoms with Gasteiger partial charge in [0.25, 0.3) is 6.71 Å². The topological polar surface area (TPSA) is 35.2 Å². The fourth-order valence-electron chi connectivity index (χ4n) is 15.1. The van der Waals surface area contributed by atoms with Crippen molar-refractivity contribution in [2.24, 2.45) is 0 Å². The van der Waals surface area contributed by atoms with Crippen molar-refractivity contribution < 1.29 is 0 Å². The van der Waals surface area contributed by atoms with Crippen LogP contribution in [0.4, 0.5) is 34.1 Å². The third-order valence-electron chi connectivity index (χ3n) is 20.7. The first-order valence-electron chi connectivity index (χ1n) is 35.0. The highest BCUT2D eigenvalue weighted by Gasteiger charge is 2.45. The highest BCUT2D eigenvalue weighted by molar-refractivity contribution is 7.00. The van der Waals surface area contributed by atoms with Gasteiger partial charge in [0.15, 0.2) is 0 Å². The first-order valence-corrected chi connectivity index (χ1v) is 35.0. The second-order valence-corrected chi connectivity index (χ2v) is 32.7. The van der Waals surface area contributed by atoms with Gasteiger partial charge in [0.1, 0.15) is 0 Å². The minimum absolute atomic E-state index is 0.0563. The van der Waals surface area contributed by atoms with Crippen LogP contribution in [0.15, 0.2) is 255 Å². The van der Waals surface area contributed by atoms with Gasteiger partial charge in [-0.25, -0.2) is 0 Å². The maximum atomic E-state index is 11.5. The third-order valence-corrected chi connectivity index (χ3v) is 20.7. The molecule has 3 heterocycles. The third kappa shape index (κ3) is 11.4. The number of benzene rings is 12. The Kier molecular flexibility index (Phi) is 15.2. The Morgan fingerprint density at radius 3 is 1.09 bits per heavy atom. The van der Waals surface area contributed by atoms with E-state index in [0.717, 1.165) is 95.4 Å². The highest BCUT2D eigenvalue weighted by Crippen LogP contribution is 2.51. The summed E-state index contributed by atoms with van der Waals surface area (Å²) < 4.78 is 2.36. The maximum absolute atomic E-state index is 11.5. The molecule has 1 aromatic heterocycles. The van der Waals surface area contributed by atoms with Crippen LogP contribution in [0.5, 0.6) is 0 Å². The Bertz CT molecular complexity index is 5300. The number of para-hydroxylation sites is 2. The van der Waals surface area contributed by atoms with Crippen LogP contribution >= 0.6 is 0 Å². The first-order chi connectivity index (χ1) is 46.7. The molecule has 12 aromatic carbocycles. The van der Waals surface area contributed by atoms with Crippen LogP contribution in [0.25, 0.3) is 83.1 Å². The monoisotopic (exact) mass is 1270 g/mol. The predicted molar refractivity (Wildman–Crippen MR) is 420 cm³/mol. The number of aromatic nitrogens is 1. The standard InChI is InChI=1S/C93H87BN4/c1-89(2,3)70-31-23-28-61(45-70)64-38-40-80-84(52-64)97(76-43-59(58-95)42-75(57-76)96-82-36-21-19-34-78(82)79-35-20-22-37-83(79)96)86-54-69(68-48-73(92(10,11)12)56-74(49-68)93(13,14)15)55-87-88(86)94(80)81-41-39-65(62-29-24-32-71(46-62)90(4,5)6)53-85(81)98(87)77-50-66(60-26-17-16-18-27-60)44-67(51-77)63-30-25-33-72(47-63)91(7,8)9/h16-57H,1-15H3. The summed E-state index contributed by atoms with van der Waals surface area (Å²) in [6, 6.07) is 99.2. The second-order valence-electron chi connectivity index (χ2n) is 32.7. The van der Waals surface area contributed by atoms with Crippen LogP contribution in [0.1, 0.15) is 137 Å². The zero-order valence-electron chi connectivity index (χ0n) is 59.6. The molecule has 13 aromatic rings. The van der Waals surface area contributed by atoms with Crippen LogP contribution in [-0.2, 0) is 27.1 Å². The van der Waals surface area contributed by atoms with E-state index in [1.54, 1.807) is 0 Å². The van der Waals surface area contributed by atoms with Crippen LogP contribution in [-0.4, -0.2) is 11.3 Å². The normalized spacial score (nSPS) is 13.2. The molecule has 0 saturated carbocycles. The molecule has 4 nitrogen and oxygen atoms in total. The van der Waals surface area contributed by atoms with Crippen LogP contribution < -0.4 is 26.2 Å². The largest absolute Gasteiger partial charge is 0.311 e. The summed E-state index contributed by atoms with van der Waals surface area (Å²) in [6.07, 6.45) is 0. The van der Waals surface area contributed by atoms with Crippen molar-refractivity contribution in [2.75, 3.05) is 9.80 Å². The SMILES string of the molecule is CC(C)(C)c1cccc(-c2cc(-c3ccccc3)cc(N3c4cc(-c5cccc(C(C)(C)C)c5)ccc4B4c5ccc(-c6cccc(C(C)(C)C)c6)cc5N(c5cc(C#N)cc(-n6c7ccccc7c7ccccc76)c5)c5cc(-c6cc(C(C)(C)C)cc(C(C)(C)C)c6)cc3c54)c2)c1. The van der Waals surface area contributed by atoms with Crippen molar-refractivity contribution in [1.29, 1.82) is 5.26 Å². The lowest BCUT2D eigenvalue weighted by molar-refractivity contribution is 0.569. The molecule has 2 aliphatic heterocycles. The van der Waals surface area contributed by atoms with Gasteiger partial charge in [-0.3, -0.25) is 0 Å². The molecule has 0 aliphatic carbocycles. The number of hydrogen-bond acceptors (Lipinski definition) is 3. The lowest BCUT2D eigenvalue weighted by Gasteiger charge is -2.45. The number of rotatable bonds is 8. The number of hydrogen-bond donors (Lipinski definition) is 0. The van der Waals surface area contributed by atoms with Gasteiger partial charge >= 0.3 is 0 Å². The number of anilines is 6. The van der Waals surface area contributed by atoms with Gasteiger partial charge in [0.2, 0.25) is 0 Å². The predicted octanol–water partition coefficient (Wildman–Crippen LogP) is 23.6. The number of nitrogens with zero attached hydrogens (tertiary/aromatic N) is 4. The van der Waals surface area contributed by atoms with Gasteiger partial charge in [-0.1, -0.05) is 286 Å². The maximum Gasteiger partial charge on any atom is 0.252 e. The van der Waals surface area contributed by atoms with Crippen LogP contribution in [0, 0.1) is 11.3 Å². The average molecular weight is 1270 g/mol. The molecule has 0 fully saturated rings. The molecular formula is C93H87BN4. The van der Waals surface area contributed by atoms with E-state index >= 15 is 0 Å². The zero-order chi connectivity index (χ0) is 68.5. The van der Waals surface area contributed by atoms with Crippen molar-refractivity contribution in [3.05, 3.63) is 288 Å². The summed E-state index contributed by atoms with van der Waals surface area (Å²) in [5.74, 6) is 0. The van der Waals surface area contributed by atoms with E-state index in [1.165, 1.54) is 66.1 Å². The van der Waals surface area contributed by atoms with E-state index < -0.39 is 0 Å². The molecule has 0 amide bonds. The summed E-state index contributed by atoms with van der Waals surface area (Å²) in [5, 5.41) is 13.8. The number of nitriles is 1. The van der Waals surface area contributed by atoms with Gasteiger partial charge in [-0.05, 0) is 200 Å². The van der Waals surface area contributed by atoms with Crippen molar-refractivity contribution in [2.45, 2.75) is 131 Å². The van der Waals surface area contributed by atoms with E-state index in [-0.39, 0.29) is 33.8 Å². The Hall–Kier alpha value is -10.4. The molecular weight excluding hydrogens is 1180 g/mol. The molecule has 0 unspecified atom stereocenters. The average Bonchev–Trinajstić information content (AvgIpc) is 0.726. The van der Waals surface area contributed by atoms with E-state index in [0.29, 0.717) is 5.56 Å². The zero-order valence-corrected chi connectivity index (χ0v) is 59.6. The highest BCUT2D eigenvalue weighted by atomic mass is 15.2. The lowest BCUT2D eigenvalue weighted by atomic mass is 9.33. The van der Waals surface area contributed by atoms with Crippen molar-refractivity contribution in [1.82, 2.24) is 4.57 Å². The Morgan fingerprint density at radius 1 is 0.276 bits per heavy atom. The summed E-state index contributed by atoms with van der Waals surface area (Å²) in [6.45, 7) is 34.5. The van der Waals surface area contributed by atoms with E-state index in [4.69, 9.17) is 0 Å². The first kappa shape index (κ1) is 63.6. The molecule has 15 rings (SSSR count). The summed E-state index contributed by atoms with van der Waals surface area (Å²) in [5.41, 5.74) is 31.0. The molecule has 0 N–H and O–H groups in total. The molecule has 5 heteroatoms. The van der Waals surface area contributed by atoms with Crippen molar-refractivity contribution >= 4 is 79.0 Å². The number of fused-ring (bicyclic) bond motifs is 7. The van der Waals surface area contributed by atoms with Crippen molar-refractivity contribution in [3.63, 3.8) is 0 Å². The Morgan fingerprint density at radius 2 is 0.633 bits per heavy atom. The van der Waals surface area contributed by atoms with Crippen molar-refractivity contribution in [3.8, 4) is 67.4 Å². The van der Waals surface area contributed by atoms with Crippen LogP contribution in [0.3, 0.4) is 0 Å². The molecule has 2 aliphatic rings. The summed E-state index contributed by atoms with van der Waals surface area (Å²) >= 11 is 0. The molecule has 482 valence electrons. The quantitative estimate of drug-likeness (QED) is 0.142. The Balaban J connectivity index is 1.10. The molecule has 0 bridgehead atoms. The molecule has 0 radical (unpaired) electrons. The van der Waals surface area contributed by atoms with Crippen LogP contribution in [0.2, 0.25) is 0 Å². The lowest BCUT2D eigenvalue weighted by Crippen LogP contribution is -2.61. The fourth-order valence-corrected chi connectivity index (χ4v) is 15.1. The molecule has 0 atom stereocenters. The summed E-state index contributed by atoms with van der Waals surface area (Å²) in [7, 11) is 0. The van der Waals surface area contributed by atoms with E-state index in [1.807, 2.05) is 0 Å².